The Hall–Kier alpha value is -2.24. The van der Waals surface area contributed by atoms with Gasteiger partial charge in [0.25, 0.3) is 0 Å². The van der Waals surface area contributed by atoms with E-state index in [1.807, 2.05) is 65.8 Å². The first-order chi connectivity index (χ1) is 11.4. The smallest absolute Gasteiger partial charge is 0.414 e. The predicted octanol–water partition coefficient (Wildman–Crippen LogP) is 3.88. The van der Waals surface area contributed by atoms with Gasteiger partial charge in [0, 0.05) is 6.54 Å². The predicted molar refractivity (Wildman–Crippen MR) is 96.9 cm³/mol. The molecule has 2 amide bonds. The third-order valence-corrected chi connectivity index (χ3v) is 3.49. The van der Waals surface area contributed by atoms with Gasteiger partial charge in [-0.2, -0.15) is 0 Å². The van der Waals surface area contributed by atoms with Crippen molar-refractivity contribution in [3.05, 3.63) is 29.8 Å². The maximum atomic E-state index is 12.6. The number of carbonyl (C=O) groups excluding carboxylic acids is 2. The highest BCUT2D eigenvalue weighted by atomic mass is 16.6. The maximum Gasteiger partial charge on any atom is 0.414 e. The summed E-state index contributed by atoms with van der Waals surface area (Å²) in [6.07, 6.45) is -0.272. The van der Waals surface area contributed by atoms with Crippen molar-refractivity contribution in [3.63, 3.8) is 0 Å². The Bertz CT molecular complexity index is 644. The van der Waals surface area contributed by atoms with Crippen LogP contribution in [0.4, 0.5) is 15.3 Å². The number of anilines is 1. The Labute approximate surface area is 149 Å². The molecule has 6 nitrogen and oxygen atoms in total. The number of benzene rings is 1. The molecule has 1 aromatic rings. The molecule has 0 fully saturated rings. The fraction of sp³-hybridized carbons (Fsp3) is 0.579. The van der Waals surface area contributed by atoms with E-state index < -0.39 is 23.4 Å². The summed E-state index contributed by atoms with van der Waals surface area (Å²) in [7, 11) is 0. The van der Waals surface area contributed by atoms with Crippen LogP contribution >= 0.6 is 0 Å². The average molecular weight is 348 g/mol. The molecule has 1 N–H and O–H groups in total. The van der Waals surface area contributed by atoms with Gasteiger partial charge in [0.05, 0.1) is 11.7 Å². The average Bonchev–Trinajstić information content (AvgIpc) is 2.42. The van der Waals surface area contributed by atoms with E-state index in [0.717, 1.165) is 11.3 Å². The second-order valence-corrected chi connectivity index (χ2v) is 8.27. The highest BCUT2D eigenvalue weighted by Gasteiger charge is 2.32. The number of fused-ring (bicyclic) bond motifs is 1. The van der Waals surface area contributed by atoms with Crippen LogP contribution in [0.3, 0.4) is 0 Å². The molecule has 1 unspecified atom stereocenters. The van der Waals surface area contributed by atoms with Crippen molar-refractivity contribution >= 4 is 17.9 Å². The highest BCUT2D eigenvalue weighted by Crippen LogP contribution is 2.28. The molecular formula is C19H28N2O4. The van der Waals surface area contributed by atoms with Crippen LogP contribution in [0.1, 0.15) is 47.1 Å². The van der Waals surface area contributed by atoms with Gasteiger partial charge in [-0.15, -0.1) is 0 Å². The molecule has 0 aliphatic carbocycles. The summed E-state index contributed by atoms with van der Waals surface area (Å²) in [6.45, 7) is 11.3. The van der Waals surface area contributed by atoms with Crippen molar-refractivity contribution in [2.75, 3.05) is 11.4 Å². The second kappa shape index (κ2) is 6.94. The number of carbonyl (C=O) groups is 2. The SMILES string of the molecule is CC(C)(C)OC(=O)NC1Cc2ccccc2N(C(=O)OC(C)(C)C)C1. The quantitative estimate of drug-likeness (QED) is 0.836. The minimum atomic E-state index is -0.586. The monoisotopic (exact) mass is 348 g/mol. The standard InChI is InChI=1S/C19H28N2O4/c1-18(2,3)24-16(22)20-14-11-13-9-7-8-10-15(13)21(12-14)17(23)25-19(4,5)6/h7-10,14H,11-12H2,1-6H3,(H,20,22). The van der Waals surface area contributed by atoms with Crippen molar-refractivity contribution in [1.29, 1.82) is 0 Å². The molecule has 0 saturated heterocycles. The zero-order chi connectivity index (χ0) is 18.8. The Morgan fingerprint density at radius 3 is 2.24 bits per heavy atom. The number of hydrogen-bond acceptors (Lipinski definition) is 4. The van der Waals surface area contributed by atoms with Gasteiger partial charge in [-0.3, -0.25) is 4.90 Å². The van der Waals surface area contributed by atoms with Crippen LogP contribution in [0.5, 0.6) is 0 Å². The molecule has 0 radical (unpaired) electrons. The van der Waals surface area contributed by atoms with Crippen molar-refractivity contribution in [1.82, 2.24) is 5.32 Å². The van der Waals surface area contributed by atoms with Gasteiger partial charge in [0.15, 0.2) is 0 Å². The number of ether oxygens (including phenoxy) is 2. The second-order valence-electron chi connectivity index (χ2n) is 8.27. The summed E-state index contributed by atoms with van der Waals surface area (Å²) >= 11 is 0. The lowest BCUT2D eigenvalue weighted by molar-refractivity contribution is 0.0483. The minimum Gasteiger partial charge on any atom is -0.444 e. The Morgan fingerprint density at radius 1 is 1.04 bits per heavy atom. The Kier molecular flexibility index (Phi) is 5.30. The first-order valence-electron chi connectivity index (χ1n) is 8.52. The maximum absolute atomic E-state index is 12.6. The van der Waals surface area contributed by atoms with Crippen LogP contribution in [0.15, 0.2) is 24.3 Å². The van der Waals surface area contributed by atoms with E-state index in [0.29, 0.717) is 13.0 Å². The van der Waals surface area contributed by atoms with Crippen LogP contribution < -0.4 is 10.2 Å². The lowest BCUT2D eigenvalue weighted by atomic mass is 9.98. The number of para-hydroxylation sites is 1. The molecule has 138 valence electrons. The topological polar surface area (TPSA) is 67.9 Å². The molecular weight excluding hydrogens is 320 g/mol. The van der Waals surface area contributed by atoms with Crippen LogP contribution in [0.25, 0.3) is 0 Å². The van der Waals surface area contributed by atoms with Crippen molar-refractivity contribution in [3.8, 4) is 0 Å². The fourth-order valence-electron chi connectivity index (χ4n) is 2.66. The van der Waals surface area contributed by atoms with Gasteiger partial charge in [0.2, 0.25) is 0 Å². The van der Waals surface area contributed by atoms with Gasteiger partial charge in [-0.1, -0.05) is 18.2 Å². The van der Waals surface area contributed by atoms with Gasteiger partial charge in [-0.05, 0) is 59.6 Å². The van der Waals surface area contributed by atoms with Crippen molar-refractivity contribution in [2.45, 2.75) is 65.2 Å². The lowest BCUT2D eigenvalue weighted by Gasteiger charge is -2.36. The zero-order valence-corrected chi connectivity index (χ0v) is 15.9. The normalized spacial score (nSPS) is 17.5. The summed E-state index contributed by atoms with van der Waals surface area (Å²) < 4.78 is 10.8. The third kappa shape index (κ3) is 5.66. The third-order valence-electron chi connectivity index (χ3n) is 3.49. The van der Waals surface area contributed by atoms with Crippen LogP contribution in [-0.2, 0) is 15.9 Å². The number of nitrogens with zero attached hydrogens (tertiary/aromatic N) is 1. The number of rotatable bonds is 1. The summed E-state index contributed by atoms with van der Waals surface area (Å²) in [6, 6.07) is 7.41. The van der Waals surface area contributed by atoms with Crippen LogP contribution in [0.2, 0.25) is 0 Å². The molecule has 25 heavy (non-hydrogen) atoms. The Balaban J connectivity index is 2.17. The fourth-order valence-corrected chi connectivity index (χ4v) is 2.66. The molecule has 0 aromatic heterocycles. The number of alkyl carbamates (subject to hydrolysis) is 1. The summed E-state index contributed by atoms with van der Waals surface area (Å²) in [5.41, 5.74) is 0.652. The molecule has 1 aromatic carbocycles. The lowest BCUT2D eigenvalue weighted by Crippen LogP contribution is -2.52. The molecule has 1 atom stereocenters. The van der Waals surface area contributed by atoms with E-state index >= 15 is 0 Å². The first-order valence-corrected chi connectivity index (χ1v) is 8.52. The van der Waals surface area contributed by atoms with Crippen LogP contribution in [-0.4, -0.2) is 36.0 Å². The van der Waals surface area contributed by atoms with Gasteiger partial charge in [-0.25, -0.2) is 9.59 Å². The van der Waals surface area contributed by atoms with E-state index in [2.05, 4.69) is 5.32 Å². The Morgan fingerprint density at radius 2 is 1.64 bits per heavy atom. The van der Waals surface area contributed by atoms with Crippen molar-refractivity contribution < 1.29 is 19.1 Å². The zero-order valence-electron chi connectivity index (χ0n) is 15.9. The molecule has 1 heterocycles. The first kappa shape index (κ1) is 19.1. The molecule has 0 bridgehead atoms. The van der Waals surface area contributed by atoms with Gasteiger partial charge < -0.3 is 14.8 Å². The van der Waals surface area contributed by atoms with E-state index in [1.165, 1.54) is 0 Å². The highest BCUT2D eigenvalue weighted by molar-refractivity contribution is 5.90. The van der Waals surface area contributed by atoms with Crippen LogP contribution in [0, 0.1) is 0 Å². The van der Waals surface area contributed by atoms with E-state index in [-0.39, 0.29) is 6.04 Å². The number of amides is 2. The van der Waals surface area contributed by atoms with E-state index in [9.17, 15) is 9.59 Å². The summed E-state index contributed by atoms with van der Waals surface area (Å²) in [5, 5.41) is 2.85. The van der Waals surface area contributed by atoms with Gasteiger partial charge >= 0.3 is 12.2 Å². The molecule has 2 rings (SSSR count). The van der Waals surface area contributed by atoms with Crippen molar-refractivity contribution in [2.24, 2.45) is 0 Å². The summed E-state index contributed by atoms with van der Waals surface area (Å²) in [5.74, 6) is 0. The van der Waals surface area contributed by atoms with E-state index in [1.54, 1.807) is 4.90 Å². The minimum absolute atomic E-state index is 0.239. The molecule has 0 spiro atoms. The number of hydrogen-bond donors (Lipinski definition) is 1. The number of nitrogens with one attached hydrogen (secondary N) is 1. The van der Waals surface area contributed by atoms with E-state index in [4.69, 9.17) is 9.47 Å². The molecule has 6 heteroatoms. The molecule has 1 aliphatic rings. The molecule has 1 aliphatic heterocycles. The van der Waals surface area contributed by atoms with Gasteiger partial charge in [0.1, 0.15) is 11.2 Å². The largest absolute Gasteiger partial charge is 0.444 e. The molecule has 0 saturated carbocycles. The summed E-state index contributed by atoms with van der Waals surface area (Å²) in [4.78, 5) is 26.2.